The molecule has 1 amide bonds. The minimum atomic E-state index is -4.62. The van der Waals surface area contributed by atoms with Crippen LogP contribution in [0.3, 0.4) is 0 Å². The van der Waals surface area contributed by atoms with E-state index >= 15 is 0 Å². The lowest BCUT2D eigenvalue weighted by molar-refractivity contribution is -0.384. The second-order valence-electron chi connectivity index (χ2n) is 19.7. The summed E-state index contributed by atoms with van der Waals surface area (Å²) in [5.41, 5.74) is 3.71. The Bertz CT molecular complexity index is 3090. The number of aliphatic hydroxyl groups is 1. The number of ether oxygens (including phenoxy) is 1. The van der Waals surface area contributed by atoms with Crippen molar-refractivity contribution in [3.63, 3.8) is 0 Å². The number of nitrogens with zero attached hydrogens (tertiary/aromatic N) is 4. The fraction of sp³-hybridized carbons (Fsp3) is 0.373. The van der Waals surface area contributed by atoms with Crippen LogP contribution in [-0.2, 0) is 10.0 Å². The number of nitro groups is 1. The van der Waals surface area contributed by atoms with E-state index in [4.69, 9.17) is 4.74 Å². The number of carbonyl (C=O) groups excluding carboxylic acids is 1. The molecule has 3 aromatic carbocycles. The van der Waals surface area contributed by atoms with Crippen LogP contribution in [0.25, 0.3) is 27.7 Å². The predicted octanol–water partition coefficient (Wildman–Crippen LogP) is 10.7. The van der Waals surface area contributed by atoms with Crippen LogP contribution in [0.4, 0.5) is 30.2 Å². The highest BCUT2D eigenvalue weighted by Crippen LogP contribution is 2.46. The number of hydrogen-bond donors (Lipinski definition) is 4. The first-order chi connectivity index (χ1) is 33.3. The van der Waals surface area contributed by atoms with E-state index in [0.29, 0.717) is 62.5 Å². The number of halogens is 3. The van der Waals surface area contributed by atoms with Gasteiger partial charge in [0, 0.05) is 73.5 Å². The lowest BCUT2D eigenvalue weighted by atomic mass is 9.73. The third-order valence-electron chi connectivity index (χ3n) is 13.8. The zero-order valence-corrected chi connectivity index (χ0v) is 40.6. The number of amides is 1. The second kappa shape index (κ2) is 19.5. The standard InChI is InChI=1S/C51H54F3N7O7S2/c1-50(2)12-10-33(40(26-50)46-23-35(30-69-46)34-21-41(52)47(54)42(53)22-34)29-59-16-18-60(19-17-59)36-4-6-39(45(24-36)68-37-20-32-11-15-55-48(32)57-28-37)49(62)58-70(66,67)38-5-7-43(44(25-38)61(64)65)56-27-31-8-13-51(3,63)14-9-31/h4-7,11,15,20-25,28,30-31,56,63H,8-10,12-14,16-19,26-27,29H2,1-3H3,(H,55,57)(H,58,62)/t31-,51-. The van der Waals surface area contributed by atoms with Crippen LogP contribution in [0.1, 0.15) is 81.0 Å². The molecular weight excluding hydrogens is 944 g/mol. The van der Waals surface area contributed by atoms with E-state index < -0.39 is 54.5 Å². The number of pyridine rings is 1. The Morgan fingerprint density at radius 2 is 1.71 bits per heavy atom. The van der Waals surface area contributed by atoms with E-state index in [-0.39, 0.29) is 33.9 Å². The van der Waals surface area contributed by atoms with Gasteiger partial charge in [-0.1, -0.05) is 19.4 Å². The van der Waals surface area contributed by atoms with E-state index in [1.54, 1.807) is 31.3 Å². The molecule has 368 valence electrons. The van der Waals surface area contributed by atoms with Crippen LogP contribution in [0.2, 0.25) is 0 Å². The molecule has 6 aromatic rings. The molecule has 3 aromatic heterocycles. The minimum Gasteiger partial charge on any atom is -0.455 e. The number of nitrogens with one attached hydrogen (secondary N) is 3. The maximum Gasteiger partial charge on any atom is 0.293 e. The van der Waals surface area contributed by atoms with Crippen LogP contribution in [0.5, 0.6) is 11.5 Å². The van der Waals surface area contributed by atoms with E-state index in [1.807, 2.05) is 17.5 Å². The Balaban J connectivity index is 0.916. The van der Waals surface area contributed by atoms with Crippen molar-refractivity contribution < 1.29 is 41.2 Å². The summed E-state index contributed by atoms with van der Waals surface area (Å²) in [5, 5.41) is 28.2. The van der Waals surface area contributed by atoms with Gasteiger partial charge in [0.05, 0.1) is 27.2 Å². The molecule has 70 heavy (non-hydrogen) atoms. The summed E-state index contributed by atoms with van der Waals surface area (Å²) < 4.78 is 78.0. The Morgan fingerprint density at radius 1 is 0.971 bits per heavy atom. The van der Waals surface area contributed by atoms with Crippen LogP contribution >= 0.6 is 11.3 Å². The first-order valence-corrected chi connectivity index (χ1v) is 25.6. The molecule has 0 unspecified atom stereocenters. The molecule has 1 saturated carbocycles. The van der Waals surface area contributed by atoms with Gasteiger partial charge in [-0.2, -0.15) is 0 Å². The number of nitro benzene ring substituents is 1. The summed E-state index contributed by atoms with van der Waals surface area (Å²) in [6.45, 7) is 10.1. The molecule has 0 spiro atoms. The zero-order valence-electron chi connectivity index (χ0n) is 39.0. The molecule has 1 saturated heterocycles. The highest BCUT2D eigenvalue weighted by molar-refractivity contribution is 7.90. The molecule has 4 heterocycles. The zero-order chi connectivity index (χ0) is 49.5. The average Bonchev–Trinajstić information content (AvgIpc) is 4.01. The van der Waals surface area contributed by atoms with E-state index in [9.17, 15) is 41.6 Å². The topological polar surface area (TPSA) is 183 Å². The molecule has 0 radical (unpaired) electrons. The summed E-state index contributed by atoms with van der Waals surface area (Å²) in [6.07, 6.45) is 8.67. The predicted molar refractivity (Wildman–Crippen MR) is 264 cm³/mol. The highest BCUT2D eigenvalue weighted by atomic mass is 32.2. The van der Waals surface area contributed by atoms with Crippen molar-refractivity contribution in [3.8, 4) is 22.6 Å². The van der Waals surface area contributed by atoms with Gasteiger partial charge in [-0.25, -0.2) is 31.3 Å². The number of piperazine rings is 1. The van der Waals surface area contributed by atoms with Gasteiger partial charge >= 0.3 is 0 Å². The van der Waals surface area contributed by atoms with E-state index in [2.05, 4.69) is 43.7 Å². The number of fused-ring (bicyclic) bond motifs is 1. The Kier molecular flexibility index (Phi) is 13.6. The second-order valence-corrected chi connectivity index (χ2v) is 22.3. The third kappa shape index (κ3) is 10.9. The highest BCUT2D eigenvalue weighted by Gasteiger charge is 2.32. The van der Waals surface area contributed by atoms with Gasteiger partial charge in [0.15, 0.2) is 17.5 Å². The van der Waals surface area contributed by atoms with Crippen molar-refractivity contribution >= 4 is 60.9 Å². The number of carbonyl (C=O) groups is 1. The number of rotatable bonds is 14. The molecule has 0 bridgehead atoms. The number of H-pyrrole nitrogens is 1. The monoisotopic (exact) mass is 997 g/mol. The van der Waals surface area contributed by atoms with Crippen molar-refractivity contribution in [1.82, 2.24) is 19.6 Å². The largest absolute Gasteiger partial charge is 0.455 e. The number of sulfonamides is 1. The van der Waals surface area contributed by atoms with Gasteiger partial charge in [0.2, 0.25) is 0 Å². The summed E-state index contributed by atoms with van der Waals surface area (Å²) in [6, 6.07) is 15.9. The smallest absolute Gasteiger partial charge is 0.293 e. The van der Waals surface area contributed by atoms with Crippen LogP contribution < -0.4 is 19.7 Å². The van der Waals surface area contributed by atoms with Gasteiger partial charge in [-0.05, 0) is 140 Å². The lowest BCUT2D eigenvalue weighted by Gasteiger charge is -2.39. The van der Waals surface area contributed by atoms with Crippen molar-refractivity contribution in [2.75, 3.05) is 49.5 Å². The van der Waals surface area contributed by atoms with Crippen LogP contribution in [0, 0.1) is 38.9 Å². The van der Waals surface area contributed by atoms with Gasteiger partial charge in [0.1, 0.15) is 22.8 Å². The van der Waals surface area contributed by atoms with E-state index in [0.717, 1.165) is 72.8 Å². The number of allylic oxidation sites excluding steroid dienone is 1. The Hall–Kier alpha value is -6.28. The number of anilines is 2. The van der Waals surface area contributed by atoms with Crippen LogP contribution in [0.15, 0.2) is 95.0 Å². The Morgan fingerprint density at radius 3 is 2.44 bits per heavy atom. The molecule has 0 atom stereocenters. The summed E-state index contributed by atoms with van der Waals surface area (Å²) in [5.74, 6) is -4.40. The SMILES string of the molecule is CC1(C)CCC(CN2CCN(c3ccc(C(=O)NS(=O)(=O)c4ccc(NC[C@H]5CC[C@](C)(O)CC5)c([N+](=O)[O-])c4)c(Oc4cnc5[nH]ccc5c4)c3)CC2)=C(c2cc(-c3cc(F)c(F)c(F)c3)cs2)C1. The minimum absolute atomic E-state index is 0.0522. The molecular formula is C51H54F3N7O7S2. The number of aromatic amines is 1. The maximum absolute atomic E-state index is 14.2. The van der Waals surface area contributed by atoms with E-state index in [1.165, 1.54) is 46.9 Å². The van der Waals surface area contributed by atoms with Gasteiger partial charge in [-0.3, -0.25) is 19.8 Å². The Labute approximate surface area is 407 Å². The first kappa shape index (κ1) is 48.7. The average molecular weight is 998 g/mol. The number of benzene rings is 3. The van der Waals surface area contributed by atoms with Gasteiger partial charge in [0.25, 0.3) is 21.6 Å². The summed E-state index contributed by atoms with van der Waals surface area (Å²) >= 11 is 1.51. The molecule has 9 rings (SSSR count). The fourth-order valence-electron chi connectivity index (χ4n) is 9.63. The first-order valence-electron chi connectivity index (χ1n) is 23.3. The van der Waals surface area contributed by atoms with Crippen molar-refractivity contribution in [1.29, 1.82) is 0 Å². The molecule has 19 heteroatoms. The maximum atomic E-state index is 14.2. The van der Waals surface area contributed by atoms with Gasteiger partial charge < -0.3 is 25.0 Å². The lowest BCUT2D eigenvalue weighted by Crippen LogP contribution is -2.47. The fourth-order valence-corrected chi connectivity index (χ4v) is 11.6. The molecule has 4 N–H and O–H groups in total. The molecule has 1 aliphatic heterocycles. The third-order valence-corrected chi connectivity index (χ3v) is 16.1. The van der Waals surface area contributed by atoms with Crippen molar-refractivity contribution in [2.45, 2.75) is 76.2 Å². The summed E-state index contributed by atoms with van der Waals surface area (Å²) in [4.78, 5) is 38.0. The number of thiophene rings is 1. The van der Waals surface area contributed by atoms with Crippen molar-refractivity contribution in [3.05, 3.63) is 128 Å². The van der Waals surface area contributed by atoms with Crippen molar-refractivity contribution in [2.24, 2.45) is 11.3 Å². The normalized spacial score (nSPS) is 19.9. The summed E-state index contributed by atoms with van der Waals surface area (Å²) in [7, 11) is -4.62. The molecule has 3 aliphatic rings. The van der Waals surface area contributed by atoms with Crippen LogP contribution in [-0.4, -0.2) is 84.1 Å². The molecule has 14 nitrogen and oxygen atoms in total. The molecule has 2 aliphatic carbocycles. The number of hydrogen-bond acceptors (Lipinski definition) is 12. The number of aromatic nitrogens is 2. The molecule has 2 fully saturated rings. The van der Waals surface area contributed by atoms with Gasteiger partial charge in [-0.15, -0.1) is 11.3 Å². The quantitative estimate of drug-likeness (QED) is 0.0463.